The second-order valence-electron chi connectivity index (χ2n) is 9.49. The van der Waals surface area contributed by atoms with Crippen molar-refractivity contribution < 1.29 is 54.0 Å². The fourth-order valence-corrected chi connectivity index (χ4v) is 5.35. The van der Waals surface area contributed by atoms with Crippen LogP contribution in [0.5, 0.6) is 23.0 Å². The Morgan fingerprint density at radius 1 is 0.784 bits per heavy atom. The third-order valence-corrected chi connectivity index (χ3v) is 7.40. The van der Waals surface area contributed by atoms with E-state index in [1.807, 2.05) is 12.1 Å². The summed E-state index contributed by atoms with van der Waals surface area (Å²) in [7, 11) is 2.98. The smallest absolute Gasteiger partial charge is 0.229 e. The van der Waals surface area contributed by atoms with Gasteiger partial charge >= 0.3 is 0 Å². The number of fused-ring (bicyclic) bond motifs is 1. The molecule has 202 valence electrons. The lowest BCUT2D eigenvalue weighted by Gasteiger charge is -2.39. The Balaban J connectivity index is 1.32. The van der Waals surface area contributed by atoms with Crippen molar-refractivity contribution in [3.63, 3.8) is 0 Å². The van der Waals surface area contributed by atoms with Gasteiger partial charge < -0.3 is 54.0 Å². The standard InChI is InChI=1S/C26H32O11/c1-32-18-7-12(3-5-16(18)28)24-14-10-35-25(15(14)11-34-24)13-4-6-17(19(8-13)33-2)36-26-23(31)22(30)21(29)20(9-27)37-26/h3-8,14-15,20-31H,9-11H2,1-2H3/t14-,15-,20+,21+,22-,23+,24-,25-,26-/m0/s1. The summed E-state index contributed by atoms with van der Waals surface area (Å²) in [4.78, 5) is 0. The summed E-state index contributed by atoms with van der Waals surface area (Å²) in [5.41, 5.74) is 1.77. The van der Waals surface area contributed by atoms with Crippen LogP contribution in [0.4, 0.5) is 0 Å². The number of aliphatic hydroxyl groups is 4. The number of aromatic hydroxyl groups is 1. The van der Waals surface area contributed by atoms with E-state index in [2.05, 4.69) is 0 Å². The molecular formula is C26H32O11. The number of methoxy groups -OCH3 is 2. The van der Waals surface area contributed by atoms with E-state index in [4.69, 9.17) is 28.4 Å². The zero-order chi connectivity index (χ0) is 26.3. The fourth-order valence-electron chi connectivity index (χ4n) is 5.35. The molecule has 3 aliphatic rings. The molecule has 3 fully saturated rings. The highest BCUT2D eigenvalue weighted by Gasteiger charge is 2.49. The molecule has 2 aromatic carbocycles. The van der Waals surface area contributed by atoms with Crippen LogP contribution in [-0.2, 0) is 14.2 Å². The summed E-state index contributed by atoms with van der Waals surface area (Å²) >= 11 is 0. The normalized spacial score (nSPS) is 35.2. The van der Waals surface area contributed by atoms with Crippen molar-refractivity contribution >= 4 is 0 Å². The van der Waals surface area contributed by atoms with E-state index in [9.17, 15) is 25.5 Å². The Kier molecular flexibility index (Phi) is 7.46. The average Bonchev–Trinajstić information content (AvgIpc) is 3.52. The van der Waals surface area contributed by atoms with Crippen molar-refractivity contribution in [1.29, 1.82) is 0 Å². The third-order valence-electron chi connectivity index (χ3n) is 7.40. The first-order chi connectivity index (χ1) is 17.9. The van der Waals surface area contributed by atoms with Crippen molar-refractivity contribution in [3.8, 4) is 23.0 Å². The lowest BCUT2D eigenvalue weighted by atomic mass is 9.85. The van der Waals surface area contributed by atoms with Crippen LogP contribution in [0, 0.1) is 11.8 Å². The van der Waals surface area contributed by atoms with Gasteiger partial charge in [-0.2, -0.15) is 0 Å². The van der Waals surface area contributed by atoms with Gasteiger partial charge in [-0.15, -0.1) is 0 Å². The molecule has 37 heavy (non-hydrogen) atoms. The van der Waals surface area contributed by atoms with Gasteiger partial charge in [0.2, 0.25) is 6.29 Å². The monoisotopic (exact) mass is 520 g/mol. The molecule has 3 heterocycles. The summed E-state index contributed by atoms with van der Waals surface area (Å²) in [5.74, 6) is 1.27. The topological polar surface area (TPSA) is 157 Å². The molecular weight excluding hydrogens is 488 g/mol. The van der Waals surface area contributed by atoms with Gasteiger partial charge in [0.1, 0.15) is 24.4 Å². The van der Waals surface area contributed by atoms with Crippen molar-refractivity contribution in [2.45, 2.75) is 42.9 Å². The molecule has 0 bridgehead atoms. The first-order valence-corrected chi connectivity index (χ1v) is 12.1. The molecule has 3 saturated heterocycles. The fraction of sp³-hybridized carbons (Fsp3) is 0.538. The zero-order valence-corrected chi connectivity index (χ0v) is 20.5. The molecule has 11 nitrogen and oxygen atoms in total. The Morgan fingerprint density at radius 2 is 1.38 bits per heavy atom. The SMILES string of the molecule is COc1cc([C@@H]2OC[C@H]3[C@@H]2CO[C@H]3c2ccc(O[C@H]3O[C@H](CO)[C@@H](O)[C@H](O)[C@H]3O)c(OC)c2)ccc1O. The summed E-state index contributed by atoms with van der Waals surface area (Å²) in [6.45, 7) is 0.436. The van der Waals surface area contributed by atoms with Crippen LogP contribution in [0.1, 0.15) is 23.3 Å². The molecule has 0 spiro atoms. The number of rotatable bonds is 7. The summed E-state index contributed by atoms with van der Waals surface area (Å²) < 4.78 is 34.3. The minimum Gasteiger partial charge on any atom is -0.504 e. The van der Waals surface area contributed by atoms with Crippen LogP contribution in [0.15, 0.2) is 36.4 Å². The van der Waals surface area contributed by atoms with Crippen LogP contribution in [0.2, 0.25) is 0 Å². The van der Waals surface area contributed by atoms with Gasteiger partial charge in [-0.3, -0.25) is 0 Å². The van der Waals surface area contributed by atoms with Gasteiger partial charge in [-0.25, -0.2) is 0 Å². The maximum absolute atomic E-state index is 10.3. The highest BCUT2D eigenvalue weighted by atomic mass is 16.7. The number of aliphatic hydroxyl groups excluding tert-OH is 4. The summed E-state index contributed by atoms with van der Waals surface area (Å²) in [6.07, 6.45) is -7.41. The molecule has 0 radical (unpaired) electrons. The molecule has 5 N–H and O–H groups in total. The van der Waals surface area contributed by atoms with E-state index in [-0.39, 0.29) is 35.5 Å². The number of hydrogen-bond donors (Lipinski definition) is 5. The van der Waals surface area contributed by atoms with E-state index < -0.39 is 37.3 Å². The van der Waals surface area contributed by atoms with Crippen LogP contribution in [0.3, 0.4) is 0 Å². The van der Waals surface area contributed by atoms with Crippen molar-refractivity contribution in [1.82, 2.24) is 0 Å². The van der Waals surface area contributed by atoms with Gasteiger partial charge in [0.05, 0.1) is 46.2 Å². The zero-order valence-electron chi connectivity index (χ0n) is 20.5. The molecule has 5 rings (SSSR count). The quantitative estimate of drug-likeness (QED) is 0.349. The lowest BCUT2D eigenvalue weighted by Crippen LogP contribution is -2.60. The molecule has 0 amide bonds. The Hall–Kier alpha value is -2.64. The van der Waals surface area contributed by atoms with Gasteiger partial charge in [0, 0.05) is 11.8 Å². The van der Waals surface area contributed by atoms with Gasteiger partial charge in [-0.1, -0.05) is 12.1 Å². The Morgan fingerprint density at radius 3 is 1.97 bits per heavy atom. The summed E-state index contributed by atoms with van der Waals surface area (Å²) in [5, 5.41) is 49.7. The van der Waals surface area contributed by atoms with Crippen LogP contribution in [0.25, 0.3) is 0 Å². The van der Waals surface area contributed by atoms with Crippen molar-refractivity contribution in [3.05, 3.63) is 47.5 Å². The van der Waals surface area contributed by atoms with Gasteiger partial charge in [0.25, 0.3) is 0 Å². The molecule has 0 unspecified atom stereocenters. The Labute approximate surface area is 213 Å². The minimum atomic E-state index is -1.55. The van der Waals surface area contributed by atoms with E-state index in [1.54, 1.807) is 24.3 Å². The number of benzene rings is 2. The predicted molar refractivity (Wildman–Crippen MR) is 126 cm³/mol. The maximum Gasteiger partial charge on any atom is 0.229 e. The van der Waals surface area contributed by atoms with E-state index in [1.165, 1.54) is 14.2 Å². The molecule has 9 atom stereocenters. The average molecular weight is 521 g/mol. The minimum absolute atomic E-state index is 0.0689. The second-order valence-corrected chi connectivity index (χ2v) is 9.49. The molecule has 0 aromatic heterocycles. The van der Waals surface area contributed by atoms with Gasteiger partial charge in [-0.05, 0) is 35.4 Å². The van der Waals surface area contributed by atoms with Crippen LogP contribution in [-0.4, -0.2) is 90.3 Å². The van der Waals surface area contributed by atoms with Gasteiger partial charge in [0.15, 0.2) is 23.0 Å². The molecule has 2 aromatic rings. The van der Waals surface area contributed by atoms with Crippen LogP contribution < -0.4 is 14.2 Å². The van der Waals surface area contributed by atoms with E-state index in [0.717, 1.165) is 11.1 Å². The van der Waals surface area contributed by atoms with E-state index in [0.29, 0.717) is 24.7 Å². The molecule has 3 aliphatic heterocycles. The highest BCUT2D eigenvalue weighted by Crippen LogP contribution is 2.51. The number of ether oxygens (including phenoxy) is 6. The lowest BCUT2D eigenvalue weighted by molar-refractivity contribution is -0.277. The first-order valence-electron chi connectivity index (χ1n) is 12.1. The second kappa shape index (κ2) is 10.6. The number of phenols is 1. The van der Waals surface area contributed by atoms with Crippen molar-refractivity contribution in [2.75, 3.05) is 34.0 Å². The van der Waals surface area contributed by atoms with Crippen molar-refractivity contribution in [2.24, 2.45) is 11.8 Å². The predicted octanol–water partition coefficient (Wildman–Crippen LogP) is 0.663. The molecule has 11 heteroatoms. The molecule has 0 saturated carbocycles. The largest absolute Gasteiger partial charge is 0.504 e. The number of hydrogen-bond acceptors (Lipinski definition) is 11. The summed E-state index contributed by atoms with van der Waals surface area (Å²) in [6, 6.07) is 10.5. The maximum atomic E-state index is 10.3. The van der Waals surface area contributed by atoms with Crippen LogP contribution >= 0.6 is 0 Å². The van der Waals surface area contributed by atoms with E-state index >= 15 is 0 Å². The highest BCUT2D eigenvalue weighted by molar-refractivity contribution is 5.45. The number of phenolic OH excluding ortho intramolecular Hbond substituents is 1. The third kappa shape index (κ3) is 4.72. The first kappa shape index (κ1) is 26.0. The Bertz CT molecular complexity index is 1090. The molecule has 0 aliphatic carbocycles.